The molecule has 5 atom stereocenters. The fourth-order valence-corrected chi connectivity index (χ4v) is 6.64. The van der Waals surface area contributed by atoms with Gasteiger partial charge in [-0.15, -0.1) is 0 Å². The van der Waals surface area contributed by atoms with E-state index >= 15 is 0 Å². The first kappa shape index (κ1) is 54.0. The highest BCUT2D eigenvalue weighted by molar-refractivity contribution is 5.97. The quantitative estimate of drug-likeness (QED) is 0.0377. The molecule has 7 N–H and O–H groups in total. The lowest BCUT2D eigenvalue weighted by Gasteiger charge is -2.27. The molecule has 0 aliphatic carbocycles. The molecule has 0 spiro atoms. The van der Waals surface area contributed by atoms with Crippen LogP contribution in [0.4, 0.5) is 25.0 Å². The van der Waals surface area contributed by atoms with Gasteiger partial charge < -0.3 is 55.7 Å². The summed E-state index contributed by atoms with van der Waals surface area (Å²) >= 11 is 0. The molecule has 0 heterocycles. The number of rotatable bonds is 20. The number of hydrogen-bond acceptors (Lipinski definition) is 16. The fraction of sp³-hybridized carbons (Fsp3) is 0.333. The maximum atomic E-state index is 14.5. The number of hydrogen-bond donors (Lipinski definition) is 7. The molecule has 0 aromatic heterocycles. The number of carbonyl (C=O) groups is 6. The highest BCUT2D eigenvalue weighted by Crippen LogP contribution is 2.38. The second-order valence-electron chi connectivity index (χ2n) is 16.3. The molecule has 25 heteroatoms. The molecule has 4 aromatic carbocycles. The van der Waals surface area contributed by atoms with Gasteiger partial charge >= 0.3 is 23.4 Å². The molecule has 0 radical (unpaired) electrons. The predicted molar refractivity (Wildman–Crippen MR) is 239 cm³/mol. The Balaban J connectivity index is 1.70. The van der Waals surface area contributed by atoms with Crippen molar-refractivity contribution in [1.29, 1.82) is 0 Å². The number of halogens is 2. The van der Waals surface area contributed by atoms with Crippen LogP contribution in [0.3, 0.4) is 0 Å². The third-order valence-electron chi connectivity index (χ3n) is 10.0. The third kappa shape index (κ3) is 14.4. The van der Waals surface area contributed by atoms with E-state index in [1.54, 1.807) is 0 Å². The molecule has 0 bridgehead atoms. The molecule has 0 unspecified atom stereocenters. The topological polar surface area (TPSA) is 326 Å². The number of esters is 1. The number of carbonyl (C=O) groups excluding carboxylic acids is 6. The molecular weight excluding hydrogens is 933 g/mol. The summed E-state index contributed by atoms with van der Waals surface area (Å²) in [5.41, 5.74) is -3.11. The summed E-state index contributed by atoms with van der Waals surface area (Å²) in [5.74, 6) is -9.41. The molecule has 4 rings (SSSR count). The lowest BCUT2D eigenvalue weighted by Crippen LogP contribution is -2.55. The first-order valence-corrected chi connectivity index (χ1v) is 20.7. The number of aromatic hydroxyl groups is 2. The van der Waals surface area contributed by atoms with Crippen molar-refractivity contribution >= 4 is 47.1 Å². The van der Waals surface area contributed by atoms with Gasteiger partial charge in [0.1, 0.15) is 41.6 Å². The molecule has 70 heavy (non-hydrogen) atoms. The van der Waals surface area contributed by atoms with Gasteiger partial charge in [0.15, 0.2) is 11.5 Å². The molecule has 0 aliphatic rings. The third-order valence-corrected chi connectivity index (χ3v) is 10.0. The van der Waals surface area contributed by atoms with Crippen LogP contribution in [0.15, 0.2) is 72.8 Å². The molecule has 23 nitrogen and oxygen atoms in total. The van der Waals surface area contributed by atoms with E-state index in [0.29, 0.717) is 5.75 Å². The van der Waals surface area contributed by atoms with E-state index in [-0.39, 0.29) is 22.3 Å². The van der Waals surface area contributed by atoms with Crippen LogP contribution in [0, 0.1) is 31.9 Å². The Kier molecular flexibility index (Phi) is 18.0. The Morgan fingerprint density at radius 1 is 0.629 bits per heavy atom. The molecule has 0 saturated carbocycles. The zero-order chi connectivity index (χ0) is 52.2. The molecule has 0 saturated heterocycles. The Morgan fingerprint density at radius 2 is 1.11 bits per heavy atom. The summed E-state index contributed by atoms with van der Waals surface area (Å²) in [4.78, 5) is 103. The lowest BCUT2D eigenvalue weighted by atomic mass is 10.0. The summed E-state index contributed by atoms with van der Waals surface area (Å²) in [7, 11) is 3.46. The van der Waals surface area contributed by atoms with Crippen molar-refractivity contribution in [2.45, 2.75) is 76.3 Å². The van der Waals surface area contributed by atoms with Crippen molar-refractivity contribution in [3.05, 3.63) is 127 Å². The number of benzene rings is 4. The number of alkyl carbamates (subject to hydrolysis) is 1. The van der Waals surface area contributed by atoms with E-state index in [0.717, 1.165) is 69.7 Å². The maximum Gasteiger partial charge on any atom is 0.408 e. The Bertz CT molecular complexity index is 2620. The average Bonchev–Trinajstić information content (AvgIpc) is 3.29. The molecule has 374 valence electrons. The molecule has 0 aliphatic heterocycles. The number of amides is 5. The summed E-state index contributed by atoms with van der Waals surface area (Å²) in [6, 6.07) is 4.48. The maximum absolute atomic E-state index is 14.5. The van der Waals surface area contributed by atoms with Crippen molar-refractivity contribution in [3.8, 4) is 23.0 Å². The molecule has 4 aromatic rings. The van der Waals surface area contributed by atoms with Crippen LogP contribution < -0.4 is 36.1 Å². The normalized spacial score (nSPS) is 13.2. The lowest BCUT2D eigenvalue weighted by molar-refractivity contribution is -0.387. The Morgan fingerprint density at radius 3 is 1.59 bits per heavy atom. The van der Waals surface area contributed by atoms with Crippen LogP contribution in [0.25, 0.3) is 0 Å². The number of phenolic OH excluding ortho intramolecular Hbond substituents is 2. The van der Waals surface area contributed by atoms with Gasteiger partial charge in [0.2, 0.25) is 41.0 Å². The van der Waals surface area contributed by atoms with Crippen molar-refractivity contribution in [2.24, 2.45) is 0 Å². The van der Waals surface area contributed by atoms with Gasteiger partial charge in [-0.3, -0.25) is 39.4 Å². The van der Waals surface area contributed by atoms with Gasteiger partial charge in [0, 0.05) is 25.0 Å². The molecule has 0 fully saturated rings. The summed E-state index contributed by atoms with van der Waals surface area (Å²) in [6.07, 6.45) is -2.05. The number of phenols is 2. The average molecular weight is 982 g/mol. The number of nitrogens with zero attached hydrogens (tertiary/aromatic N) is 2. The second-order valence-corrected chi connectivity index (χ2v) is 16.3. The minimum absolute atomic E-state index is 0.0186. The van der Waals surface area contributed by atoms with Gasteiger partial charge in [0.25, 0.3) is 0 Å². The van der Waals surface area contributed by atoms with Crippen LogP contribution in [0.2, 0.25) is 0 Å². The first-order valence-electron chi connectivity index (χ1n) is 20.7. The van der Waals surface area contributed by atoms with E-state index in [1.807, 2.05) is 0 Å². The van der Waals surface area contributed by atoms with Crippen LogP contribution in [0.1, 0.15) is 62.0 Å². The number of nitro groups is 2. The minimum atomic E-state index is -1.95. The summed E-state index contributed by atoms with van der Waals surface area (Å²) in [6.45, 7) is 5.76. The number of nitro benzene ring substituents is 2. The summed E-state index contributed by atoms with van der Waals surface area (Å²) < 4.78 is 48.7. The van der Waals surface area contributed by atoms with Gasteiger partial charge in [-0.1, -0.05) is 24.3 Å². The zero-order valence-electron chi connectivity index (χ0n) is 38.5. The highest BCUT2D eigenvalue weighted by atomic mass is 19.1. The van der Waals surface area contributed by atoms with E-state index < -0.39 is 134 Å². The monoisotopic (exact) mass is 981 g/mol. The fourth-order valence-electron chi connectivity index (χ4n) is 6.64. The number of ether oxygens (including phenoxy) is 4. The van der Waals surface area contributed by atoms with Crippen LogP contribution in [-0.4, -0.2) is 101 Å². The predicted octanol–water partition coefficient (Wildman–Crippen LogP) is 3.77. The van der Waals surface area contributed by atoms with Crippen molar-refractivity contribution in [1.82, 2.24) is 26.6 Å². The standard InChI is InChI=1S/C45H49F2N7O16/c1-22(48-40(58)30(50-44(62)70-45(2,3)4)16-23-8-14-28(46)32(18-23)53(63)64)39(57)51-37(26-20-34(55)38(68-6)35(56)21-26)42(60)52-36(25-10-12-27(67-5)13-11-25)41(59)49-31(43(61)69-7)17-24-9-15-29(47)33(19-24)54(65)66/h8-15,18-22,30-31,36-37,55-56H,16-17H2,1-7H3,(H,48,58)(H,49,59)(H,50,62)(H,51,57)(H,52,60)/t22-,30+,31-,36+,37+/m0/s1. The van der Waals surface area contributed by atoms with Crippen LogP contribution >= 0.6 is 0 Å². The van der Waals surface area contributed by atoms with Gasteiger partial charge in [-0.05, 0) is 86.3 Å². The Hall–Kier alpha value is -8.64. The highest BCUT2D eigenvalue weighted by Gasteiger charge is 2.35. The molecule has 5 amide bonds. The second kappa shape index (κ2) is 23.4. The largest absolute Gasteiger partial charge is 0.504 e. The minimum Gasteiger partial charge on any atom is -0.504 e. The molecular formula is C45H49F2N7O16. The first-order chi connectivity index (χ1) is 32.8. The summed E-state index contributed by atoms with van der Waals surface area (Å²) in [5, 5.41) is 56.3. The Labute approximate surface area is 397 Å². The van der Waals surface area contributed by atoms with Crippen molar-refractivity contribution in [3.63, 3.8) is 0 Å². The van der Waals surface area contributed by atoms with Crippen molar-refractivity contribution in [2.75, 3.05) is 21.3 Å². The zero-order valence-corrected chi connectivity index (χ0v) is 38.5. The van der Waals surface area contributed by atoms with Gasteiger partial charge in [0.05, 0.1) is 31.2 Å². The van der Waals surface area contributed by atoms with E-state index in [2.05, 4.69) is 26.6 Å². The van der Waals surface area contributed by atoms with Gasteiger partial charge in [-0.2, -0.15) is 8.78 Å². The number of nitrogens with one attached hydrogen (secondary N) is 5. The van der Waals surface area contributed by atoms with E-state index in [9.17, 15) is 68.0 Å². The number of methoxy groups -OCH3 is 3. The van der Waals surface area contributed by atoms with Crippen LogP contribution in [0.5, 0.6) is 23.0 Å². The smallest absolute Gasteiger partial charge is 0.408 e. The van der Waals surface area contributed by atoms with Crippen molar-refractivity contribution < 1.29 is 76.6 Å². The van der Waals surface area contributed by atoms with E-state index in [4.69, 9.17) is 18.9 Å². The van der Waals surface area contributed by atoms with Gasteiger partial charge in [-0.25, -0.2) is 9.59 Å². The van der Waals surface area contributed by atoms with E-state index in [1.165, 1.54) is 52.1 Å². The van der Waals surface area contributed by atoms with Crippen LogP contribution in [-0.2, 0) is 46.3 Å². The SMILES string of the molecule is COC(=O)[C@H](Cc1ccc(F)c([N+](=O)[O-])c1)NC(=O)[C@H](NC(=O)[C@H](NC(=O)[C@H](C)NC(=O)[C@@H](Cc1ccc(F)c([N+](=O)[O-])c1)NC(=O)OC(C)(C)C)c1cc(O)c(OC)c(O)c1)c1ccc(OC)cc1.